The van der Waals surface area contributed by atoms with Gasteiger partial charge in [-0.15, -0.1) is 0 Å². The number of carboxylic acid groups (broad SMARTS) is 1. The van der Waals surface area contributed by atoms with Gasteiger partial charge in [-0.05, 0) is 31.0 Å². The summed E-state index contributed by atoms with van der Waals surface area (Å²) in [5.41, 5.74) is -0.262. The van der Waals surface area contributed by atoms with E-state index in [1.54, 1.807) is 38.3 Å². The second kappa shape index (κ2) is 7.11. The first kappa shape index (κ1) is 17.0. The maximum absolute atomic E-state index is 12.2. The molecule has 0 fully saturated rings. The minimum Gasteiger partial charge on any atom is -0.497 e. The van der Waals surface area contributed by atoms with Gasteiger partial charge in [-0.25, -0.2) is 0 Å². The summed E-state index contributed by atoms with van der Waals surface area (Å²) in [6.45, 7) is 5.46. The van der Waals surface area contributed by atoms with E-state index in [9.17, 15) is 9.59 Å². The number of carbonyl (C=O) groups is 2. The number of benzene rings is 1. The van der Waals surface area contributed by atoms with Crippen LogP contribution >= 0.6 is 0 Å². The molecule has 21 heavy (non-hydrogen) atoms. The Bertz CT molecular complexity index is 515. The van der Waals surface area contributed by atoms with Gasteiger partial charge in [-0.2, -0.15) is 0 Å². The molecule has 0 heterocycles. The van der Waals surface area contributed by atoms with Gasteiger partial charge in [0.2, 0.25) is 5.91 Å². The number of methoxy groups -OCH3 is 1. The highest BCUT2D eigenvalue weighted by molar-refractivity contribution is 5.80. The molecule has 2 N–H and O–H groups in total. The van der Waals surface area contributed by atoms with E-state index in [-0.39, 0.29) is 18.2 Å². The van der Waals surface area contributed by atoms with Crippen molar-refractivity contribution < 1.29 is 19.4 Å². The number of nitrogens with one attached hydrogen (secondary N) is 1. The number of hydrogen-bond acceptors (Lipinski definition) is 3. The molecule has 0 aliphatic rings. The Hall–Kier alpha value is -2.04. The molecule has 0 saturated heterocycles. The molecule has 2 atom stereocenters. The molecule has 116 valence electrons. The van der Waals surface area contributed by atoms with E-state index >= 15 is 0 Å². The second-order valence-corrected chi connectivity index (χ2v) is 5.43. The van der Waals surface area contributed by atoms with Gasteiger partial charge in [0.1, 0.15) is 5.75 Å². The first-order valence-electron chi connectivity index (χ1n) is 7.00. The van der Waals surface area contributed by atoms with Crippen LogP contribution in [0, 0.1) is 5.92 Å². The number of hydrogen-bond donors (Lipinski definition) is 2. The van der Waals surface area contributed by atoms with E-state index in [1.807, 2.05) is 13.8 Å². The van der Waals surface area contributed by atoms with Crippen LogP contribution < -0.4 is 10.1 Å². The summed E-state index contributed by atoms with van der Waals surface area (Å²) in [6.07, 6.45) is 0.509. The highest BCUT2D eigenvalue weighted by Gasteiger charge is 2.32. The molecule has 0 aliphatic carbocycles. The fraction of sp³-hybridized carbons (Fsp3) is 0.500. The van der Waals surface area contributed by atoms with Gasteiger partial charge in [0.25, 0.3) is 0 Å². The fourth-order valence-corrected chi connectivity index (χ4v) is 2.07. The molecule has 5 nitrogen and oxygen atoms in total. The zero-order valence-corrected chi connectivity index (χ0v) is 13.0. The van der Waals surface area contributed by atoms with Crippen molar-refractivity contribution in [3.63, 3.8) is 0 Å². The molecule has 0 aromatic heterocycles. The number of aliphatic carboxylic acids is 1. The highest BCUT2D eigenvalue weighted by atomic mass is 16.5. The van der Waals surface area contributed by atoms with Gasteiger partial charge in [0, 0.05) is 5.92 Å². The van der Waals surface area contributed by atoms with Crippen LogP contribution in [0.5, 0.6) is 5.75 Å². The molecule has 5 heteroatoms. The molecule has 1 rings (SSSR count). The Morgan fingerprint density at radius 3 is 2.62 bits per heavy atom. The predicted molar refractivity (Wildman–Crippen MR) is 80.2 cm³/mol. The Kier molecular flexibility index (Phi) is 5.76. The van der Waals surface area contributed by atoms with Crippen LogP contribution in [0.1, 0.15) is 39.2 Å². The summed E-state index contributed by atoms with van der Waals surface area (Å²) in [7, 11) is 1.55. The molecule has 1 aromatic carbocycles. The van der Waals surface area contributed by atoms with Crippen LogP contribution in [0.4, 0.5) is 0 Å². The lowest BCUT2D eigenvalue weighted by Crippen LogP contribution is -2.47. The zero-order chi connectivity index (χ0) is 16.0. The third kappa shape index (κ3) is 4.48. The van der Waals surface area contributed by atoms with Crippen molar-refractivity contribution in [2.75, 3.05) is 7.11 Å². The first-order chi connectivity index (χ1) is 9.82. The Morgan fingerprint density at radius 1 is 1.43 bits per heavy atom. The minimum atomic E-state index is -0.971. The summed E-state index contributed by atoms with van der Waals surface area (Å²) < 4.78 is 5.17. The lowest BCUT2D eigenvalue weighted by Gasteiger charge is -2.31. The standard InChI is InChI=1S/C16H23NO4/c1-5-11(2)15(20)17-16(3,10-14(18)19)12-7-6-8-13(9-12)21-4/h6-9,11H,5,10H2,1-4H3,(H,17,20)(H,18,19). The van der Waals surface area contributed by atoms with Crippen molar-refractivity contribution in [2.45, 2.75) is 39.2 Å². The van der Waals surface area contributed by atoms with E-state index in [2.05, 4.69) is 5.32 Å². The van der Waals surface area contributed by atoms with Crippen molar-refractivity contribution in [3.8, 4) is 5.75 Å². The summed E-state index contributed by atoms with van der Waals surface area (Å²) in [5, 5.41) is 12.0. The Morgan fingerprint density at radius 2 is 2.10 bits per heavy atom. The van der Waals surface area contributed by atoms with Crippen molar-refractivity contribution in [1.29, 1.82) is 0 Å². The van der Waals surface area contributed by atoms with E-state index in [1.165, 1.54) is 0 Å². The first-order valence-corrected chi connectivity index (χ1v) is 7.00. The quantitative estimate of drug-likeness (QED) is 0.810. The van der Waals surface area contributed by atoms with Gasteiger partial charge < -0.3 is 15.2 Å². The number of carbonyl (C=O) groups excluding carboxylic acids is 1. The van der Waals surface area contributed by atoms with E-state index in [0.29, 0.717) is 17.7 Å². The zero-order valence-electron chi connectivity index (χ0n) is 13.0. The SMILES string of the molecule is CCC(C)C(=O)NC(C)(CC(=O)O)c1cccc(OC)c1. The highest BCUT2D eigenvalue weighted by Crippen LogP contribution is 2.28. The van der Waals surface area contributed by atoms with Gasteiger partial charge in [0.15, 0.2) is 0 Å². The molecule has 2 unspecified atom stereocenters. The predicted octanol–water partition coefficient (Wildman–Crippen LogP) is 2.55. The van der Waals surface area contributed by atoms with Gasteiger partial charge >= 0.3 is 5.97 Å². The third-order valence-electron chi connectivity index (χ3n) is 3.67. The van der Waals surface area contributed by atoms with E-state index < -0.39 is 11.5 Å². The molecule has 0 saturated carbocycles. The summed E-state index contributed by atoms with van der Waals surface area (Å²) in [4.78, 5) is 23.3. The molecule has 0 aliphatic heterocycles. The van der Waals surface area contributed by atoms with Gasteiger partial charge in [0.05, 0.1) is 19.1 Å². The lowest BCUT2D eigenvalue weighted by atomic mass is 9.87. The molecule has 0 spiro atoms. The largest absolute Gasteiger partial charge is 0.497 e. The van der Waals surface area contributed by atoms with Crippen LogP contribution in [0.3, 0.4) is 0 Å². The van der Waals surface area contributed by atoms with Crippen LogP contribution in [0.25, 0.3) is 0 Å². The third-order valence-corrected chi connectivity index (χ3v) is 3.67. The van der Waals surface area contributed by atoms with Crippen molar-refractivity contribution in [1.82, 2.24) is 5.32 Å². The maximum Gasteiger partial charge on any atom is 0.306 e. The summed E-state index contributed by atoms with van der Waals surface area (Å²) in [6, 6.07) is 7.10. The second-order valence-electron chi connectivity index (χ2n) is 5.43. The number of carboxylic acids is 1. The maximum atomic E-state index is 12.2. The Balaban J connectivity index is 3.13. The molecule has 0 radical (unpaired) electrons. The molecular weight excluding hydrogens is 270 g/mol. The van der Waals surface area contributed by atoms with Crippen LogP contribution in [0.15, 0.2) is 24.3 Å². The van der Waals surface area contributed by atoms with Crippen molar-refractivity contribution in [3.05, 3.63) is 29.8 Å². The summed E-state index contributed by atoms with van der Waals surface area (Å²) >= 11 is 0. The van der Waals surface area contributed by atoms with Crippen LogP contribution in [-0.4, -0.2) is 24.1 Å². The lowest BCUT2D eigenvalue weighted by molar-refractivity contribution is -0.139. The average molecular weight is 293 g/mol. The Labute approximate surface area is 125 Å². The van der Waals surface area contributed by atoms with Crippen molar-refractivity contribution >= 4 is 11.9 Å². The van der Waals surface area contributed by atoms with E-state index in [4.69, 9.17) is 9.84 Å². The smallest absolute Gasteiger partial charge is 0.306 e. The molecule has 1 amide bonds. The summed E-state index contributed by atoms with van der Waals surface area (Å²) in [5.74, 6) is -0.653. The van der Waals surface area contributed by atoms with Gasteiger partial charge in [-0.3, -0.25) is 9.59 Å². The van der Waals surface area contributed by atoms with Crippen molar-refractivity contribution in [2.24, 2.45) is 5.92 Å². The normalized spacial score (nSPS) is 14.9. The minimum absolute atomic E-state index is 0.149. The molecular formula is C16H23NO4. The topological polar surface area (TPSA) is 75.6 Å². The fourth-order valence-electron chi connectivity index (χ4n) is 2.07. The van der Waals surface area contributed by atoms with Gasteiger partial charge in [-0.1, -0.05) is 26.0 Å². The number of amides is 1. The average Bonchev–Trinajstić information content (AvgIpc) is 2.45. The van der Waals surface area contributed by atoms with Crippen LogP contribution in [0.2, 0.25) is 0 Å². The number of ether oxygens (including phenoxy) is 1. The van der Waals surface area contributed by atoms with E-state index in [0.717, 1.165) is 0 Å². The number of rotatable bonds is 7. The van der Waals surface area contributed by atoms with Crippen LogP contribution in [-0.2, 0) is 15.1 Å². The molecule has 1 aromatic rings. The monoisotopic (exact) mass is 293 g/mol. The molecule has 0 bridgehead atoms.